The Kier molecular flexibility index (Phi) is 4.69. The molecule has 1 aliphatic carbocycles. The lowest BCUT2D eigenvalue weighted by Gasteiger charge is -2.34. The first kappa shape index (κ1) is 15.0. The molecule has 1 aromatic carbocycles. The van der Waals surface area contributed by atoms with Crippen LogP contribution >= 0.6 is 15.9 Å². The van der Waals surface area contributed by atoms with Gasteiger partial charge in [0.25, 0.3) is 0 Å². The molecular formula is C14H20BrNO2S. The van der Waals surface area contributed by atoms with Crippen LogP contribution in [0.1, 0.15) is 33.1 Å². The lowest BCUT2D eigenvalue weighted by atomic mass is 9.78. The predicted molar refractivity (Wildman–Crippen MR) is 80.4 cm³/mol. The molecule has 0 amide bonds. The minimum Gasteiger partial charge on any atom is -0.208 e. The summed E-state index contributed by atoms with van der Waals surface area (Å²) in [6.07, 6.45) is 3.22. The van der Waals surface area contributed by atoms with Gasteiger partial charge in [0.05, 0.1) is 4.90 Å². The standard InChI is InChI=1S/C14H20BrNO2S/c1-10-4-3-5-14(11(10)2)16-19(17,18)13-8-6-12(15)7-9-13/h6-11,14,16H,3-5H2,1-2H3. The number of hydrogen-bond donors (Lipinski definition) is 1. The highest BCUT2D eigenvalue weighted by atomic mass is 79.9. The van der Waals surface area contributed by atoms with Crippen LogP contribution in [0.15, 0.2) is 33.6 Å². The van der Waals surface area contributed by atoms with Crippen molar-refractivity contribution < 1.29 is 8.42 Å². The molecule has 2 rings (SSSR count). The summed E-state index contributed by atoms with van der Waals surface area (Å²) in [5.74, 6) is 0.963. The van der Waals surface area contributed by atoms with Crippen molar-refractivity contribution in [2.45, 2.75) is 44.0 Å². The molecule has 0 bridgehead atoms. The van der Waals surface area contributed by atoms with Crippen molar-refractivity contribution in [1.82, 2.24) is 4.72 Å². The lowest BCUT2D eigenvalue weighted by Crippen LogP contribution is -2.43. The van der Waals surface area contributed by atoms with Crippen LogP contribution in [0.2, 0.25) is 0 Å². The van der Waals surface area contributed by atoms with Gasteiger partial charge in [0, 0.05) is 10.5 Å². The van der Waals surface area contributed by atoms with E-state index in [4.69, 9.17) is 0 Å². The van der Waals surface area contributed by atoms with E-state index < -0.39 is 10.0 Å². The van der Waals surface area contributed by atoms with Crippen molar-refractivity contribution in [2.24, 2.45) is 11.8 Å². The number of rotatable bonds is 3. The van der Waals surface area contributed by atoms with Crippen LogP contribution in [-0.2, 0) is 10.0 Å². The zero-order valence-electron chi connectivity index (χ0n) is 11.3. The van der Waals surface area contributed by atoms with E-state index in [0.717, 1.165) is 17.3 Å². The first-order valence-corrected chi connectivity index (χ1v) is 8.95. The fourth-order valence-corrected chi connectivity index (χ4v) is 4.26. The van der Waals surface area contributed by atoms with Crippen molar-refractivity contribution in [1.29, 1.82) is 0 Å². The van der Waals surface area contributed by atoms with Crippen molar-refractivity contribution in [2.75, 3.05) is 0 Å². The van der Waals surface area contributed by atoms with E-state index >= 15 is 0 Å². The Morgan fingerprint density at radius 1 is 1.16 bits per heavy atom. The summed E-state index contributed by atoms with van der Waals surface area (Å²) in [4.78, 5) is 0.334. The SMILES string of the molecule is CC1CCCC(NS(=O)(=O)c2ccc(Br)cc2)C1C. The first-order valence-electron chi connectivity index (χ1n) is 6.68. The maximum Gasteiger partial charge on any atom is 0.240 e. The number of nitrogens with one attached hydrogen (secondary N) is 1. The normalized spacial score (nSPS) is 28.3. The molecule has 5 heteroatoms. The number of sulfonamides is 1. The smallest absolute Gasteiger partial charge is 0.208 e. The Hall–Kier alpha value is -0.390. The monoisotopic (exact) mass is 345 g/mol. The van der Waals surface area contributed by atoms with Crippen molar-refractivity contribution >= 4 is 26.0 Å². The molecule has 1 fully saturated rings. The van der Waals surface area contributed by atoms with Gasteiger partial charge in [-0.1, -0.05) is 42.6 Å². The Labute approximate surface area is 124 Å². The third-order valence-corrected chi connectivity index (χ3v) is 6.17. The summed E-state index contributed by atoms with van der Waals surface area (Å²) in [6, 6.07) is 6.81. The number of hydrogen-bond acceptors (Lipinski definition) is 2. The molecule has 3 atom stereocenters. The van der Waals surface area contributed by atoms with Crippen LogP contribution in [-0.4, -0.2) is 14.5 Å². The summed E-state index contributed by atoms with van der Waals surface area (Å²) in [6.45, 7) is 4.34. The third-order valence-electron chi connectivity index (χ3n) is 4.14. The highest BCUT2D eigenvalue weighted by Gasteiger charge is 2.30. The second kappa shape index (κ2) is 5.94. The van der Waals surface area contributed by atoms with Gasteiger partial charge in [0.1, 0.15) is 0 Å². The Balaban J connectivity index is 2.15. The largest absolute Gasteiger partial charge is 0.240 e. The maximum atomic E-state index is 12.3. The van der Waals surface area contributed by atoms with Gasteiger partial charge in [0.2, 0.25) is 10.0 Å². The van der Waals surface area contributed by atoms with Gasteiger partial charge in [-0.05, 0) is 42.5 Å². The van der Waals surface area contributed by atoms with Gasteiger partial charge < -0.3 is 0 Å². The molecule has 3 nitrogen and oxygen atoms in total. The van der Waals surface area contributed by atoms with Gasteiger partial charge >= 0.3 is 0 Å². The molecule has 0 radical (unpaired) electrons. The molecule has 0 spiro atoms. The second-order valence-electron chi connectivity index (χ2n) is 5.45. The van der Waals surface area contributed by atoms with Gasteiger partial charge in [-0.25, -0.2) is 13.1 Å². The van der Waals surface area contributed by atoms with Gasteiger partial charge in [-0.3, -0.25) is 0 Å². The van der Waals surface area contributed by atoms with Crippen LogP contribution in [0.3, 0.4) is 0 Å². The molecular weight excluding hydrogens is 326 g/mol. The van der Waals surface area contributed by atoms with Gasteiger partial charge in [-0.15, -0.1) is 0 Å². The van der Waals surface area contributed by atoms with Crippen LogP contribution in [0.5, 0.6) is 0 Å². The second-order valence-corrected chi connectivity index (χ2v) is 8.08. The molecule has 0 aromatic heterocycles. The number of benzene rings is 1. The first-order chi connectivity index (χ1) is 8.90. The van der Waals surface area contributed by atoms with Crippen LogP contribution in [0.4, 0.5) is 0 Å². The molecule has 1 aromatic rings. The van der Waals surface area contributed by atoms with Crippen LogP contribution < -0.4 is 4.72 Å². The fourth-order valence-electron chi connectivity index (χ4n) is 2.63. The zero-order valence-corrected chi connectivity index (χ0v) is 13.7. The van der Waals surface area contributed by atoms with E-state index in [9.17, 15) is 8.42 Å². The quantitative estimate of drug-likeness (QED) is 0.910. The molecule has 0 heterocycles. The topological polar surface area (TPSA) is 46.2 Å². The summed E-state index contributed by atoms with van der Waals surface area (Å²) in [5, 5.41) is 0. The molecule has 19 heavy (non-hydrogen) atoms. The molecule has 1 N–H and O–H groups in total. The van der Waals surface area contributed by atoms with Crippen LogP contribution in [0, 0.1) is 11.8 Å². The van der Waals surface area contributed by atoms with Crippen molar-refractivity contribution in [3.05, 3.63) is 28.7 Å². The van der Waals surface area contributed by atoms with E-state index in [2.05, 4.69) is 34.5 Å². The molecule has 3 unspecified atom stereocenters. The zero-order chi connectivity index (χ0) is 14.0. The lowest BCUT2D eigenvalue weighted by molar-refractivity contribution is 0.227. The fraction of sp³-hybridized carbons (Fsp3) is 0.571. The van der Waals surface area contributed by atoms with E-state index in [-0.39, 0.29) is 6.04 Å². The molecule has 1 aliphatic rings. The summed E-state index contributed by atoms with van der Waals surface area (Å²) < 4.78 is 28.4. The molecule has 0 saturated heterocycles. The summed E-state index contributed by atoms with van der Waals surface area (Å²) in [7, 11) is -3.40. The number of halogens is 1. The van der Waals surface area contributed by atoms with E-state index in [1.807, 2.05) is 0 Å². The van der Waals surface area contributed by atoms with Gasteiger partial charge in [0.15, 0.2) is 0 Å². The van der Waals surface area contributed by atoms with E-state index in [0.29, 0.717) is 16.7 Å². The van der Waals surface area contributed by atoms with Gasteiger partial charge in [-0.2, -0.15) is 0 Å². The molecule has 0 aliphatic heterocycles. The van der Waals surface area contributed by atoms with Crippen molar-refractivity contribution in [3.8, 4) is 0 Å². The highest BCUT2D eigenvalue weighted by Crippen LogP contribution is 2.30. The maximum absolute atomic E-state index is 12.3. The average molecular weight is 346 g/mol. The minimum absolute atomic E-state index is 0.0531. The highest BCUT2D eigenvalue weighted by molar-refractivity contribution is 9.10. The predicted octanol–water partition coefficient (Wildman–Crippen LogP) is 3.55. The van der Waals surface area contributed by atoms with E-state index in [1.165, 1.54) is 6.42 Å². The Morgan fingerprint density at radius 3 is 2.42 bits per heavy atom. The van der Waals surface area contributed by atoms with Crippen LogP contribution in [0.25, 0.3) is 0 Å². The summed E-state index contributed by atoms with van der Waals surface area (Å²) >= 11 is 3.31. The Bertz CT molecular complexity index is 527. The van der Waals surface area contributed by atoms with Crippen molar-refractivity contribution in [3.63, 3.8) is 0 Å². The van der Waals surface area contributed by atoms with E-state index in [1.54, 1.807) is 24.3 Å². The summed E-state index contributed by atoms with van der Waals surface area (Å²) in [5.41, 5.74) is 0. The molecule has 106 valence electrons. The molecule has 1 saturated carbocycles. The minimum atomic E-state index is -3.40. The Morgan fingerprint density at radius 2 is 1.79 bits per heavy atom. The third kappa shape index (κ3) is 3.58. The average Bonchev–Trinajstić information content (AvgIpc) is 2.35.